The first-order chi connectivity index (χ1) is 6.61. The highest BCUT2D eigenvalue weighted by atomic mass is 79.9. The van der Waals surface area contributed by atoms with Gasteiger partial charge in [-0.25, -0.2) is 0 Å². The van der Waals surface area contributed by atoms with Crippen molar-refractivity contribution < 1.29 is 4.74 Å². The van der Waals surface area contributed by atoms with Crippen molar-refractivity contribution in [2.45, 2.75) is 20.3 Å². The van der Waals surface area contributed by atoms with Crippen molar-refractivity contribution >= 4 is 15.9 Å². The molecule has 0 aromatic heterocycles. The zero-order chi connectivity index (χ0) is 10.7. The maximum Gasteiger partial charge on any atom is 0.137 e. The maximum absolute atomic E-state index is 8.70. The number of nitriles is 1. The Balaban J connectivity index is 3.40. The Morgan fingerprint density at radius 3 is 2.57 bits per heavy atom. The summed E-state index contributed by atoms with van der Waals surface area (Å²) in [5, 5.41) is 8.70. The molecule has 0 radical (unpaired) electrons. The maximum atomic E-state index is 8.70. The summed E-state index contributed by atoms with van der Waals surface area (Å²) < 4.78 is 6.23. The minimum Gasteiger partial charge on any atom is -0.495 e. The number of hydrogen-bond donors (Lipinski definition) is 0. The second-order valence-electron chi connectivity index (χ2n) is 3.17. The molecule has 0 unspecified atom stereocenters. The molecule has 1 aromatic carbocycles. The van der Waals surface area contributed by atoms with E-state index in [-0.39, 0.29) is 0 Å². The summed E-state index contributed by atoms with van der Waals surface area (Å²) >= 11 is 3.46. The third-order valence-electron chi connectivity index (χ3n) is 2.19. The van der Waals surface area contributed by atoms with Crippen LogP contribution < -0.4 is 4.74 Å². The third kappa shape index (κ3) is 1.91. The van der Waals surface area contributed by atoms with Crippen LogP contribution in [0, 0.1) is 25.2 Å². The average Bonchev–Trinajstić information content (AvgIpc) is 2.15. The molecule has 0 atom stereocenters. The molecule has 0 heterocycles. The molecule has 0 aliphatic rings. The van der Waals surface area contributed by atoms with Gasteiger partial charge < -0.3 is 4.74 Å². The fourth-order valence-electron chi connectivity index (χ4n) is 1.48. The Morgan fingerprint density at radius 2 is 2.07 bits per heavy atom. The lowest BCUT2D eigenvalue weighted by Crippen LogP contribution is -1.97. The van der Waals surface area contributed by atoms with Gasteiger partial charge in [0.1, 0.15) is 5.75 Å². The summed E-state index contributed by atoms with van der Waals surface area (Å²) in [5.74, 6) is 0.782. The van der Waals surface area contributed by atoms with Crippen molar-refractivity contribution in [3.8, 4) is 11.8 Å². The molecule has 14 heavy (non-hydrogen) atoms. The highest BCUT2D eigenvalue weighted by Gasteiger charge is 2.12. The van der Waals surface area contributed by atoms with Gasteiger partial charge in [0.2, 0.25) is 0 Å². The number of aryl methyl sites for hydroxylation is 2. The number of benzene rings is 1. The van der Waals surface area contributed by atoms with Gasteiger partial charge in [0.05, 0.1) is 24.1 Å². The number of hydrogen-bond acceptors (Lipinski definition) is 2. The van der Waals surface area contributed by atoms with Gasteiger partial charge in [-0.3, -0.25) is 0 Å². The number of methoxy groups -OCH3 is 1. The lowest BCUT2D eigenvalue weighted by molar-refractivity contribution is 0.407. The summed E-state index contributed by atoms with van der Waals surface area (Å²) in [6, 6.07) is 4.20. The molecule has 1 aromatic rings. The summed E-state index contributed by atoms with van der Waals surface area (Å²) in [5.41, 5.74) is 3.19. The van der Waals surface area contributed by atoms with Crippen LogP contribution >= 0.6 is 15.9 Å². The molecule has 0 fully saturated rings. The van der Waals surface area contributed by atoms with Gasteiger partial charge in [0.15, 0.2) is 0 Å². The van der Waals surface area contributed by atoms with Crippen molar-refractivity contribution in [2.75, 3.05) is 7.11 Å². The fourth-order valence-corrected chi connectivity index (χ4v) is 1.99. The van der Waals surface area contributed by atoms with Crippen LogP contribution in [0.2, 0.25) is 0 Å². The molecule has 3 heteroatoms. The SMILES string of the molecule is COc1c(Br)c(C)cc(C)c1CC#N. The van der Waals surface area contributed by atoms with Crippen molar-refractivity contribution in [2.24, 2.45) is 0 Å². The van der Waals surface area contributed by atoms with E-state index in [4.69, 9.17) is 10.00 Å². The topological polar surface area (TPSA) is 33.0 Å². The van der Waals surface area contributed by atoms with Crippen LogP contribution in [0.15, 0.2) is 10.5 Å². The van der Waals surface area contributed by atoms with Crippen molar-refractivity contribution in [1.82, 2.24) is 0 Å². The van der Waals surface area contributed by atoms with Crippen LogP contribution in [0.4, 0.5) is 0 Å². The van der Waals surface area contributed by atoms with Gasteiger partial charge in [-0.1, -0.05) is 6.07 Å². The zero-order valence-corrected chi connectivity index (χ0v) is 10.1. The van der Waals surface area contributed by atoms with Crippen molar-refractivity contribution in [3.05, 3.63) is 27.2 Å². The monoisotopic (exact) mass is 253 g/mol. The fraction of sp³-hybridized carbons (Fsp3) is 0.364. The molecule has 74 valence electrons. The smallest absolute Gasteiger partial charge is 0.137 e. The van der Waals surface area contributed by atoms with Crippen LogP contribution in [0.5, 0.6) is 5.75 Å². The van der Waals surface area contributed by atoms with Gasteiger partial charge in [-0.05, 0) is 40.9 Å². The first-order valence-electron chi connectivity index (χ1n) is 4.31. The molecule has 0 bridgehead atoms. The van der Waals surface area contributed by atoms with Crippen LogP contribution in [0.1, 0.15) is 16.7 Å². The summed E-state index contributed by atoms with van der Waals surface area (Å²) in [7, 11) is 1.62. The molecule has 1 rings (SSSR count). The van der Waals surface area contributed by atoms with Crippen LogP contribution in [-0.4, -0.2) is 7.11 Å². The molecule has 0 saturated heterocycles. The van der Waals surface area contributed by atoms with E-state index in [1.165, 1.54) is 0 Å². The lowest BCUT2D eigenvalue weighted by Gasteiger charge is -2.13. The third-order valence-corrected chi connectivity index (χ3v) is 3.17. The van der Waals surface area contributed by atoms with Gasteiger partial charge in [0, 0.05) is 5.56 Å². The quantitative estimate of drug-likeness (QED) is 0.812. The van der Waals surface area contributed by atoms with Crippen LogP contribution in [0.3, 0.4) is 0 Å². The van der Waals surface area contributed by atoms with Crippen molar-refractivity contribution in [3.63, 3.8) is 0 Å². The normalized spacial score (nSPS) is 9.64. The predicted molar refractivity (Wildman–Crippen MR) is 59.5 cm³/mol. The number of ether oxygens (including phenoxy) is 1. The Hall–Kier alpha value is -1.01. The molecule has 0 aliphatic heterocycles. The second kappa shape index (κ2) is 4.47. The first-order valence-corrected chi connectivity index (χ1v) is 5.10. The number of rotatable bonds is 2. The Labute approximate surface area is 92.6 Å². The van der Waals surface area contributed by atoms with E-state index in [9.17, 15) is 0 Å². The number of nitrogens with zero attached hydrogens (tertiary/aromatic N) is 1. The minimum atomic E-state index is 0.383. The van der Waals surface area contributed by atoms with Crippen LogP contribution in [0.25, 0.3) is 0 Å². The standard InChI is InChI=1S/C11H12BrNO/c1-7-6-8(2)10(12)11(14-3)9(7)4-5-13/h6H,4H2,1-3H3. The molecule has 0 N–H and O–H groups in total. The molecule has 0 amide bonds. The van der Waals surface area contributed by atoms with Gasteiger partial charge >= 0.3 is 0 Å². The highest BCUT2D eigenvalue weighted by molar-refractivity contribution is 9.10. The molecular weight excluding hydrogens is 242 g/mol. The number of halogens is 1. The Morgan fingerprint density at radius 1 is 1.43 bits per heavy atom. The van der Waals surface area contributed by atoms with Crippen molar-refractivity contribution in [1.29, 1.82) is 5.26 Å². The van der Waals surface area contributed by atoms with Gasteiger partial charge in [-0.2, -0.15) is 5.26 Å². The van der Waals surface area contributed by atoms with E-state index in [1.54, 1.807) is 7.11 Å². The van der Waals surface area contributed by atoms with E-state index < -0.39 is 0 Å². The first kappa shape index (κ1) is 11.1. The van der Waals surface area contributed by atoms with E-state index in [0.29, 0.717) is 6.42 Å². The van der Waals surface area contributed by atoms with E-state index >= 15 is 0 Å². The largest absolute Gasteiger partial charge is 0.495 e. The second-order valence-corrected chi connectivity index (χ2v) is 3.96. The highest BCUT2D eigenvalue weighted by Crippen LogP contribution is 2.34. The Kier molecular flexibility index (Phi) is 3.54. The van der Waals surface area contributed by atoms with E-state index in [2.05, 4.69) is 28.1 Å². The molecule has 0 spiro atoms. The predicted octanol–water partition coefficient (Wildman–Crippen LogP) is 3.14. The summed E-state index contributed by atoms with van der Waals surface area (Å²) in [6.07, 6.45) is 0.383. The molecular formula is C11H12BrNO. The molecule has 0 aliphatic carbocycles. The van der Waals surface area contributed by atoms with Gasteiger partial charge in [-0.15, -0.1) is 0 Å². The van der Waals surface area contributed by atoms with E-state index in [1.807, 2.05) is 13.8 Å². The van der Waals surface area contributed by atoms with Gasteiger partial charge in [0.25, 0.3) is 0 Å². The average molecular weight is 254 g/mol. The van der Waals surface area contributed by atoms with E-state index in [0.717, 1.165) is 26.9 Å². The Bertz CT molecular complexity index is 393. The lowest BCUT2D eigenvalue weighted by atomic mass is 10.0. The summed E-state index contributed by atoms with van der Waals surface area (Å²) in [4.78, 5) is 0. The summed E-state index contributed by atoms with van der Waals surface area (Å²) in [6.45, 7) is 4.00. The molecule has 0 saturated carbocycles. The molecule has 2 nitrogen and oxygen atoms in total. The zero-order valence-electron chi connectivity index (χ0n) is 8.52. The van der Waals surface area contributed by atoms with Crippen LogP contribution in [-0.2, 0) is 6.42 Å². The minimum absolute atomic E-state index is 0.383.